The van der Waals surface area contributed by atoms with Gasteiger partial charge in [0.2, 0.25) is 5.91 Å². The Morgan fingerprint density at radius 1 is 1.60 bits per heavy atom. The SMILES string of the molecule is O=C(CCl)Nc1c(F)cccc1[N+](=O)[O-]. The quantitative estimate of drug-likeness (QED) is 0.492. The smallest absolute Gasteiger partial charge is 0.295 e. The molecule has 15 heavy (non-hydrogen) atoms. The number of para-hydroxylation sites is 1. The zero-order valence-electron chi connectivity index (χ0n) is 7.37. The molecule has 0 bridgehead atoms. The van der Waals surface area contributed by atoms with Crippen LogP contribution < -0.4 is 5.32 Å². The van der Waals surface area contributed by atoms with Crippen LogP contribution in [-0.2, 0) is 4.79 Å². The largest absolute Gasteiger partial charge is 0.317 e. The first-order chi connectivity index (χ1) is 7.06. The number of rotatable bonds is 3. The molecule has 0 atom stereocenters. The molecule has 80 valence electrons. The number of nitrogens with one attached hydrogen (secondary N) is 1. The van der Waals surface area contributed by atoms with Crippen LogP contribution in [0.2, 0.25) is 0 Å². The number of carbonyl (C=O) groups is 1. The summed E-state index contributed by atoms with van der Waals surface area (Å²) in [4.78, 5) is 20.6. The van der Waals surface area contributed by atoms with Gasteiger partial charge in [-0.2, -0.15) is 0 Å². The summed E-state index contributed by atoms with van der Waals surface area (Å²) in [6, 6.07) is 3.29. The van der Waals surface area contributed by atoms with Gasteiger partial charge in [-0.1, -0.05) is 6.07 Å². The first kappa shape index (κ1) is 11.4. The Morgan fingerprint density at radius 3 is 2.80 bits per heavy atom. The minimum atomic E-state index is -0.873. The molecule has 0 aromatic heterocycles. The van der Waals surface area contributed by atoms with Gasteiger partial charge in [-0.3, -0.25) is 14.9 Å². The van der Waals surface area contributed by atoms with Crippen LogP contribution in [0.15, 0.2) is 18.2 Å². The summed E-state index contributed by atoms with van der Waals surface area (Å²) in [5, 5.41) is 12.5. The van der Waals surface area contributed by atoms with Gasteiger partial charge in [0.05, 0.1) is 4.92 Å². The molecule has 0 heterocycles. The highest BCUT2D eigenvalue weighted by atomic mass is 35.5. The maximum Gasteiger partial charge on any atom is 0.295 e. The third-order valence-electron chi connectivity index (χ3n) is 1.57. The summed E-state index contributed by atoms with van der Waals surface area (Å²) in [6.45, 7) is 0. The van der Waals surface area contributed by atoms with E-state index in [4.69, 9.17) is 11.6 Å². The van der Waals surface area contributed by atoms with Gasteiger partial charge in [0.1, 0.15) is 5.88 Å². The zero-order valence-corrected chi connectivity index (χ0v) is 8.12. The molecule has 7 heteroatoms. The van der Waals surface area contributed by atoms with Gasteiger partial charge >= 0.3 is 0 Å². The number of nitro benzene ring substituents is 1. The Hall–Kier alpha value is -1.69. The molecule has 1 amide bonds. The number of hydrogen-bond acceptors (Lipinski definition) is 3. The third-order valence-corrected chi connectivity index (χ3v) is 1.82. The summed E-state index contributed by atoms with van der Waals surface area (Å²) in [6.07, 6.45) is 0. The van der Waals surface area contributed by atoms with Crippen LogP contribution in [0, 0.1) is 15.9 Å². The summed E-state index contributed by atoms with van der Waals surface area (Å²) < 4.78 is 13.1. The van der Waals surface area contributed by atoms with Crippen molar-refractivity contribution in [1.29, 1.82) is 0 Å². The van der Waals surface area contributed by atoms with Crippen LogP contribution in [0.3, 0.4) is 0 Å². The number of carbonyl (C=O) groups excluding carboxylic acids is 1. The summed E-state index contributed by atoms with van der Waals surface area (Å²) in [5.41, 5.74) is -0.971. The number of anilines is 1. The van der Waals surface area contributed by atoms with Gasteiger partial charge in [-0.05, 0) is 6.07 Å². The number of alkyl halides is 1. The van der Waals surface area contributed by atoms with E-state index in [1.807, 2.05) is 5.32 Å². The van der Waals surface area contributed by atoms with Crippen LogP contribution in [0.4, 0.5) is 15.8 Å². The Morgan fingerprint density at radius 2 is 2.27 bits per heavy atom. The summed E-state index contributed by atoms with van der Waals surface area (Å²) in [7, 11) is 0. The van der Waals surface area contributed by atoms with Crippen LogP contribution in [0.25, 0.3) is 0 Å². The highest BCUT2D eigenvalue weighted by molar-refractivity contribution is 6.29. The molecule has 0 unspecified atom stereocenters. The fourth-order valence-electron chi connectivity index (χ4n) is 0.961. The van der Waals surface area contributed by atoms with Crippen molar-refractivity contribution < 1.29 is 14.1 Å². The lowest BCUT2D eigenvalue weighted by Crippen LogP contribution is -2.15. The molecule has 1 rings (SSSR count). The van der Waals surface area contributed by atoms with Gasteiger partial charge in [0.25, 0.3) is 5.69 Å². The van der Waals surface area contributed by atoms with Crippen LogP contribution in [0.5, 0.6) is 0 Å². The lowest BCUT2D eigenvalue weighted by Gasteiger charge is -2.04. The van der Waals surface area contributed by atoms with E-state index in [9.17, 15) is 19.3 Å². The average Bonchev–Trinajstić information content (AvgIpc) is 2.20. The van der Waals surface area contributed by atoms with Crippen molar-refractivity contribution in [3.05, 3.63) is 34.1 Å². The highest BCUT2D eigenvalue weighted by Crippen LogP contribution is 2.26. The molecular formula is C8H6ClFN2O3. The van der Waals surface area contributed by atoms with Crippen molar-refractivity contribution in [3.8, 4) is 0 Å². The van der Waals surface area contributed by atoms with Crippen LogP contribution in [0.1, 0.15) is 0 Å². The second kappa shape index (κ2) is 4.70. The third kappa shape index (κ3) is 2.63. The van der Waals surface area contributed by atoms with Crippen molar-refractivity contribution in [1.82, 2.24) is 0 Å². The molecule has 0 aliphatic heterocycles. The predicted octanol–water partition coefficient (Wildman–Crippen LogP) is 1.91. The van der Waals surface area contributed by atoms with Crippen molar-refractivity contribution in [2.45, 2.75) is 0 Å². The van der Waals surface area contributed by atoms with E-state index in [1.165, 1.54) is 6.07 Å². The van der Waals surface area contributed by atoms with Crippen molar-refractivity contribution in [2.75, 3.05) is 11.2 Å². The number of amides is 1. The predicted molar refractivity (Wildman–Crippen MR) is 52.4 cm³/mol. The van der Waals surface area contributed by atoms with Gasteiger partial charge in [0.15, 0.2) is 11.5 Å². The fourth-order valence-corrected chi connectivity index (χ4v) is 1.03. The maximum atomic E-state index is 13.1. The van der Waals surface area contributed by atoms with Crippen LogP contribution in [-0.4, -0.2) is 16.7 Å². The van der Waals surface area contributed by atoms with E-state index in [-0.39, 0.29) is 0 Å². The van der Waals surface area contributed by atoms with Crippen LogP contribution >= 0.6 is 11.6 Å². The maximum absolute atomic E-state index is 13.1. The van der Waals surface area contributed by atoms with E-state index in [0.717, 1.165) is 12.1 Å². The van der Waals surface area contributed by atoms with Gasteiger partial charge in [-0.25, -0.2) is 4.39 Å². The molecule has 1 N–H and O–H groups in total. The first-order valence-corrected chi connectivity index (χ1v) is 4.38. The van der Waals surface area contributed by atoms with Gasteiger partial charge in [0, 0.05) is 6.07 Å². The van der Waals surface area contributed by atoms with Crippen molar-refractivity contribution in [2.24, 2.45) is 0 Å². The molecule has 0 radical (unpaired) electrons. The lowest BCUT2D eigenvalue weighted by molar-refractivity contribution is -0.384. The zero-order chi connectivity index (χ0) is 11.4. The van der Waals surface area contributed by atoms with E-state index >= 15 is 0 Å². The topological polar surface area (TPSA) is 72.2 Å². The molecule has 1 aromatic carbocycles. The standard InChI is InChI=1S/C8H6ClFN2O3/c9-4-7(13)11-8-5(10)2-1-3-6(8)12(14)15/h1-3H,4H2,(H,11,13). The first-order valence-electron chi connectivity index (χ1n) is 3.85. The average molecular weight is 233 g/mol. The van der Waals surface area contributed by atoms with E-state index < -0.39 is 33.9 Å². The van der Waals surface area contributed by atoms with E-state index in [2.05, 4.69) is 0 Å². The number of nitro groups is 1. The molecule has 0 saturated heterocycles. The molecule has 1 aromatic rings. The van der Waals surface area contributed by atoms with Gasteiger partial charge < -0.3 is 5.32 Å². The second-order valence-corrected chi connectivity index (χ2v) is 2.84. The Kier molecular flexibility index (Phi) is 3.56. The normalized spacial score (nSPS) is 9.73. The van der Waals surface area contributed by atoms with Crippen molar-refractivity contribution in [3.63, 3.8) is 0 Å². The Balaban J connectivity index is 3.13. The molecular weight excluding hydrogens is 227 g/mol. The Labute approximate surface area is 89.0 Å². The second-order valence-electron chi connectivity index (χ2n) is 2.57. The molecule has 0 spiro atoms. The monoisotopic (exact) mass is 232 g/mol. The summed E-state index contributed by atoms with van der Waals surface area (Å²) >= 11 is 5.18. The highest BCUT2D eigenvalue weighted by Gasteiger charge is 2.19. The van der Waals surface area contributed by atoms with Crippen molar-refractivity contribution >= 4 is 28.9 Å². The molecule has 0 saturated carbocycles. The number of nitrogens with zero attached hydrogens (tertiary/aromatic N) is 1. The minimum Gasteiger partial charge on any atom is -0.317 e. The number of hydrogen-bond donors (Lipinski definition) is 1. The lowest BCUT2D eigenvalue weighted by atomic mass is 10.2. The molecule has 0 aliphatic rings. The minimum absolute atomic E-state index is 0.397. The van der Waals surface area contributed by atoms with E-state index in [1.54, 1.807) is 0 Å². The van der Waals surface area contributed by atoms with E-state index in [0.29, 0.717) is 0 Å². The Bertz CT molecular complexity index is 411. The molecule has 5 nitrogen and oxygen atoms in total. The molecule has 0 aliphatic carbocycles. The number of halogens is 2. The number of benzene rings is 1. The van der Waals surface area contributed by atoms with Gasteiger partial charge in [-0.15, -0.1) is 11.6 Å². The summed E-state index contributed by atoms with van der Waals surface area (Å²) in [5.74, 6) is -1.97. The molecule has 0 fully saturated rings. The fraction of sp³-hybridized carbons (Fsp3) is 0.125.